The summed E-state index contributed by atoms with van der Waals surface area (Å²) in [6, 6.07) is 30.1. The molecule has 0 unspecified atom stereocenters. The smallest absolute Gasteiger partial charge is 0.475 e. The van der Waals surface area contributed by atoms with Crippen LogP contribution in [0.25, 0.3) is 11.1 Å². The lowest BCUT2D eigenvalue weighted by atomic mass is 9.82. The van der Waals surface area contributed by atoms with E-state index in [-0.39, 0.29) is 56.8 Å². The van der Waals surface area contributed by atoms with Gasteiger partial charge in [-0.2, -0.15) is 13.2 Å². The second-order valence-corrected chi connectivity index (χ2v) is 17.8. The molecule has 0 spiro atoms. The van der Waals surface area contributed by atoms with Crippen LogP contribution in [0.1, 0.15) is 74.9 Å². The highest BCUT2D eigenvalue weighted by Crippen LogP contribution is 2.41. The first kappa shape index (κ1) is 57.1. The third-order valence-electron chi connectivity index (χ3n) is 11.1. The molecule has 386 valence electrons. The summed E-state index contributed by atoms with van der Waals surface area (Å²) < 4.78 is 63.1. The molecule has 0 aliphatic rings. The van der Waals surface area contributed by atoms with Gasteiger partial charge in [0.15, 0.2) is 0 Å². The molecule has 5 amide bonds. The summed E-state index contributed by atoms with van der Waals surface area (Å²) in [5.41, 5.74) is 9.39. The molecule has 5 rings (SSSR count). The highest BCUT2D eigenvalue weighted by atomic mass is 19.4. The van der Waals surface area contributed by atoms with Crippen molar-refractivity contribution in [2.45, 2.75) is 90.4 Å². The highest BCUT2D eigenvalue weighted by Gasteiger charge is 2.39. The number of benzene rings is 4. The summed E-state index contributed by atoms with van der Waals surface area (Å²) in [4.78, 5) is 76.4. The van der Waals surface area contributed by atoms with E-state index in [0.29, 0.717) is 24.3 Å². The Labute approximate surface area is 414 Å². The lowest BCUT2D eigenvalue weighted by Crippen LogP contribution is -2.49. The van der Waals surface area contributed by atoms with Gasteiger partial charge in [0, 0.05) is 68.6 Å². The fourth-order valence-electron chi connectivity index (χ4n) is 7.54. The van der Waals surface area contributed by atoms with Gasteiger partial charge in [-0.05, 0) is 59.2 Å². The van der Waals surface area contributed by atoms with Crippen molar-refractivity contribution in [3.63, 3.8) is 0 Å². The molecule has 8 N–H and O–H groups in total. The first-order chi connectivity index (χ1) is 34.1. The number of halogens is 5. The number of aliphatic carboxylic acids is 1. The Morgan fingerprint density at radius 2 is 1.26 bits per heavy atom. The van der Waals surface area contributed by atoms with Gasteiger partial charge >= 0.3 is 12.1 Å². The molecule has 1 aromatic heterocycles. The molecular weight excluding hydrogens is 946 g/mol. The number of hydrogen-bond acceptors (Lipinski definition) is 8. The molecular formula is C52H60F5N7O8. The average molecular weight is 1010 g/mol. The highest BCUT2D eigenvalue weighted by molar-refractivity contribution is 5.89. The van der Waals surface area contributed by atoms with Crippen LogP contribution in [-0.2, 0) is 48.4 Å². The van der Waals surface area contributed by atoms with Crippen LogP contribution in [0.3, 0.4) is 0 Å². The van der Waals surface area contributed by atoms with Gasteiger partial charge in [0.25, 0.3) is 0 Å². The number of aliphatic hydroxyl groups is 1. The molecule has 0 saturated carbocycles. The standard InChI is InChI=1S/C50H59F2N7O6.C2HF3O2/c1-50(2,3)47(43-27-37(39-28-38(51)19-20-40(39)52)32-58(43)31-36-17-11-6-12-18-36)59(46(63)33-60)26-24-41(53)48(64)54-25-23-45(62)57-42(49(65)56-30-35-15-9-5-10-16-35)21-22-44(61)55-29-34-13-7-4-8-14-34;3-2(4,5)1(6)7/h4-20,27-28,32,41-42,47,60H,21-26,29-31,33,53H2,1-3H3,(H,54,64)(H,55,61)(H,56,65)(H,57,62);(H,6,7)/t41-,42+,47-;/m0./s1. The molecule has 5 aromatic rings. The van der Waals surface area contributed by atoms with E-state index in [0.717, 1.165) is 34.9 Å². The number of nitrogens with one attached hydrogen (secondary N) is 4. The first-order valence-corrected chi connectivity index (χ1v) is 22.9. The zero-order valence-corrected chi connectivity index (χ0v) is 40.1. The zero-order valence-electron chi connectivity index (χ0n) is 40.1. The maximum atomic E-state index is 15.1. The minimum absolute atomic E-state index is 0.0282. The SMILES string of the molecule is CC(C)(C)[C@H](c1cc(-c2cc(F)ccc2F)cn1Cc1ccccc1)N(CC[C@H](N)C(=O)NCCC(=O)N[C@H](CCC(=O)NCc1ccccc1)C(=O)NCc1ccccc1)C(=O)CO.O=C(O)C(F)(F)F. The zero-order chi connectivity index (χ0) is 53.0. The number of carboxylic acids is 1. The van der Waals surface area contributed by atoms with Crippen LogP contribution in [0, 0.1) is 17.0 Å². The maximum absolute atomic E-state index is 15.1. The number of nitrogens with two attached hydrogens (primary N) is 1. The van der Waals surface area contributed by atoms with Gasteiger partial charge in [-0.15, -0.1) is 0 Å². The topological polar surface area (TPSA) is 225 Å². The van der Waals surface area contributed by atoms with Crippen molar-refractivity contribution in [2.24, 2.45) is 11.1 Å². The van der Waals surface area contributed by atoms with Gasteiger partial charge in [0.1, 0.15) is 24.3 Å². The minimum atomic E-state index is -5.08. The number of aliphatic hydroxyl groups excluding tert-OH is 1. The number of carboxylic acid groups (broad SMARTS) is 1. The van der Waals surface area contributed by atoms with Crippen LogP contribution in [0.2, 0.25) is 0 Å². The molecule has 0 aliphatic heterocycles. The predicted molar refractivity (Wildman–Crippen MR) is 258 cm³/mol. The first-order valence-electron chi connectivity index (χ1n) is 22.9. The van der Waals surface area contributed by atoms with Crippen LogP contribution in [0.15, 0.2) is 121 Å². The number of hydrogen-bond donors (Lipinski definition) is 7. The van der Waals surface area contributed by atoms with Crippen LogP contribution >= 0.6 is 0 Å². The molecule has 15 nitrogen and oxygen atoms in total. The van der Waals surface area contributed by atoms with E-state index in [4.69, 9.17) is 15.6 Å². The summed E-state index contributed by atoms with van der Waals surface area (Å²) >= 11 is 0. The van der Waals surface area contributed by atoms with Crippen molar-refractivity contribution in [1.29, 1.82) is 0 Å². The summed E-state index contributed by atoms with van der Waals surface area (Å²) in [7, 11) is 0. The van der Waals surface area contributed by atoms with E-state index in [1.807, 2.05) is 116 Å². The van der Waals surface area contributed by atoms with Gasteiger partial charge in [0.2, 0.25) is 29.5 Å². The third-order valence-corrected chi connectivity index (χ3v) is 11.1. The molecule has 1 heterocycles. The molecule has 20 heteroatoms. The third kappa shape index (κ3) is 18.4. The van der Waals surface area contributed by atoms with E-state index in [1.54, 1.807) is 12.3 Å². The maximum Gasteiger partial charge on any atom is 0.490 e. The van der Waals surface area contributed by atoms with Crippen LogP contribution in [0.5, 0.6) is 0 Å². The summed E-state index contributed by atoms with van der Waals surface area (Å²) in [6.07, 6.45) is -3.60. The largest absolute Gasteiger partial charge is 0.490 e. The fourth-order valence-corrected chi connectivity index (χ4v) is 7.54. The molecule has 0 aliphatic carbocycles. The van der Waals surface area contributed by atoms with E-state index >= 15 is 4.39 Å². The normalized spacial score (nSPS) is 12.5. The lowest BCUT2D eigenvalue weighted by Gasteiger charge is -2.41. The fraction of sp³-hybridized carbons (Fsp3) is 0.346. The number of carbonyl (C=O) groups is 6. The van der Waals surface area contributed by atoms with Crippen LogP contribution < -0.4 is 27.0 Å². The molecule has 0 saturated heterocycles. The Hall–Kier alpha value is -7.45. The molecule has 4 aromatic carbocycles. The van der Waals surface area contributed by atoms with Crippen molar-refractivity contribution in [1.82, 2.24) is 30.7 Å². The quantitative estimate of drug-likeness (QED) is 0.0395. The Bertz CT molecular complexity index is 2580. The molecule has 0 radical (unpaired) electrons. The summed E-state index contributed by atoms with van der Waals surface area (Å²) in [5.74, 6) is -6.50. The van der Waals surface area contributed by atoms with Crippen molar-refractivity contribution in [3.05, 3.63) is 155 Å². The van der Waals surface area contributed by atoms with E-state index in [2.05, 4.69) is 21.3 Å². The Balaban J connectivity index is 0.00000149. The Kier molecular flexibility index (Phi) is 21.6. The number of rotatable bonds is 22. The Morgan fingerprint density at radius 1 is 0.708 bits per heavy atom. The van der Waals surface area contributed by atoms with Crippen LogP contribution in [0.4, 0.5) is 22.0 Å². The van der Waals surface area contributed by atoms with E-state index in [1.165, 1.54) is 4.90 Å². The minimum Gasteiger partial charge on any atom is -0.475 e. The molecule has 72 heavy (non-hydrogen) atoms. The average Bonchev–Trinajstić information content (AvgIpc) is 3.75. The number of carbonyl (C=O) groups excluding carboxylic acids is 5. The van der Waals surface area contributed by atoms with Crippen LogP contribution in [-0.4, -0.2) is 93.1 Å². The van der Waals surface area contributed by atoms with E-state index < -0.39 is 77.6 Å². The van der Waals surface area contributed by atoms with Gasteiger partial charge < -0.3 is 46.7 Å². The van der Waals surface area contributed by atoms with Gasteiger partial charge in [0.05, 0.1) is 12.1 Å². The summed E-state index contributed by atoms with van der Waals surface area (Å²) in [6.45, 7) is 5.58. The van der Waals surface area contributed by atoms with Crippen molar-refractivity contribution in [2.75, 3.05) is 19.7 Å². The molecule has 0 fully saturated rings. The number of nitrogens with zero attached hydrogens (tertiary/aromatic N) is 2. The molecule has 0 bridgehead atoms. The van der Waals surface area contributed by atoms with Crippen molar-refractivity contribution in [3.8, 4) is 11.1 Å². The number of amides is 5. The van der Waals surface area contributed by atoms with Crippen molar-refractivity contribution < 1.29 is 60.9 Å². The predicted octanol–water partition coefficient (Wildman–Crippen LogP) is 6.14. The van der Waals surface area contributed by atoms with Gasteiger partial charge in [-0.3, -0.25) is 24.0 Å². The van der Waals surface area contributed by atoms with Gasteiger partial charge in [-0.1, -0.05) is 112 Å². The second kappa shape index (κ2) is 27.2. The lowest BCUT2D eigenvalue weighted by molar-refractivity contribution is -0.192. The van der Waals surface area contributed by atoms with Gasteiger partial charge in [-0.25, -0.2) is 13.6 Å². The monoisotopic (exact) mass is 1010 g/mol. The summed E-state index contributed by atoms with van der Waals surface area (Å²) in [5, 5.41) is 28.3. The Morgan fingerprint density at radius 3 is 1.81 bits per heavy atom. The number of aromatic nitrogens is 1. The van der Waals surface area contributed by atoms with E-state index in [9.17, 15) is 46.6 Å². The molecule has 3 atom stereocenters. The van der Waals surface area contributed by atoms with Crippen molar-refractivity contribution >= 4 is 35.5 Å². The second-order valence-electron chi connectivity index (χ2n) is 17.8. The number of alkyl halides is 3.